The van der Waals surface area contributed by atoms with Crippen molar-refractivity contribution in [2.45, 2.75) is 26.3 Å². The Balaban J connectivity index is 1.41. The highest BCUT2D eigenvalue weighted by Gasteiger charge is 2.12. The second kappa shape index (κ2) is 5.96. The summed E-state index contributed by atoms with van der Waals surface area (Å²) in [6.45, 7) is 4.22. The van der Waals surface area contributed by atoms with Gasteiger partial charge in [-0.2, -0.15) is 5.10 Å². The predicted octanol–water partition coefficient (Wildman–Crippen LogP) is 2.17. The highest BCUT2D eigenvalue weighted by Crippen LogP contribution is 2.32. The number of H-pyrrole nitrogens is 1. The summed E-state index contributed by atoms with van der Waals surface area (Å²) < 4.78 is 10.7. The van der Waals surface area contributed by atoms with Gasteiger partial charge in [0.05, 0.1) is 6.20 Å². The molecule has 20 heavy (non-hydrogen) atoms. The lowest BCUT2D eigenvalue weighted by Crippen LogP contribution is -2.15. The lowest BCUT2D eigenvalue weighted by atomic mass is 10.1. The Bertz CT molecular complexity index is 580. The van der Waals surface area contributed by atoms with Crippen LogP contribution in [0.15, 0.2) is 24.4 Å². The van der Waals surface area contributed by atoms with E-state index in [-0.39, 0.29) is 0 Å². The van der Waals surface area contributed by atoms with Gasteiger partial charge in [-0.25, -0.2) is 0 Å². The first-order valence-corrected chi connectivity index (χ1v) is 6.91. The molecule has 0 saturated heterocycles. The van der Waals surface area contributed by atoms with Gasteiger partial charge in [0, 0.05) is 12.2 Å². The topological polar surface area (TPSA) is 59.2 Å². The summed E-state index contributed by atoms with van der Waals surface area (Å²) in [5.74, 6) is 1.68. The van der Waals surface area contributed by atoms with Crippen molar-refractivity contribution in [2.24, 2.45) is 0 Å². The minimum absolute atomic E-state index is 0.330. The summed E-state index contributed by atoms with van der Waals surface area (Å²) in [5, 5.41) is 10.4. The van der Waals surface area contributed by atoms with Crippen molar-refractivity contribution < 1.29 is 9.47 Å². The summed E-state index contributed by atoms with van der Waals surface area (Å²) in [6.07, 6.45) is 4.06. The van der Waals surface area contributed by atoms with E-state index in [0.717, 1.165) is 37.4 Å². The highest BCUT2D eigenvalue weighted by atomic mass is 16.7. The van der Waals surface area contributed by atoms with Crippen molar-refractivity contribution in [3.8, 4) is 11.5 Å². The zero-order chi connectivity index (χ0) is 13.8. The number of ether oxygens (including phenoxy) is 2. The van der Waals surface area contributed by atoms with E-state index in [4.69, 9.17) is 9.47 Å². The highest BCUT2D eigenvalue weighted by molar-refractivity contribution is 5.44. The van der Waals surface area contributed by atoms with Crippen molar-refractivity contribution >= 4 is 0 Å². The van der Waals surface area contributed by atoms with Gasteiger partial charge >= 0.3 is 0 Å². The van der Waals surface area contributed by atoms with Crippen molar-refractivity contribution in [3.05, 3.63) is 41.2 Å². The number of fused-ring (bicyclic) bond motifs is 1. The van der Waals surface area contributed by atoms with Gasteiger partial charge in [0.1, 0.15) is 0 Å². The average molecular weight is 273 g/mol. The molecule has 1 aliphatic heterocycles. The van der Waals surface area contributed by atoms with E-state index < -0.39 is 0 Å². The minimum atomic E-state index is 0.330. The monoisotopic (exact) mass is 273 g/mol. The van der Waals surface area contributed by atoms with Crippen LogP contribution in [0, 0.1) is 6.92 Å². The van der Waals surface area contributed by atoms with Gasteiger partial charge < -0.3 is 14.8 Å². The third kappa shape index (κ3) is 2.93. The van der Waals surface area contributed by atoms with Gasteiger partial charge in [-0.3, -0.25) is 5.10 Å². The largest absolute Gasteiger partial charge is 0.454 e. The van der Waals surface area contributed by atoms with E-state index in [0.29, 0.717) is 6.79 Å². The van der Waals surface area contributed by atoms with E-state index >= 15 is 0 Å². The summed E-state index contributed by atoms with van der Waals surface area (Å²) in [4.78, 5) is 0. The molecule has 2 aromatic rings. The molecule has 0 radical (unpaired) electrons. The molecule has 5 nitrogen and oxygen atoms in total. The summed E-state index contributed by atoms with van der Waals surface area (Å²) in [5.41, 5.74) is 3.68. The van der Waals surface area contributed by atoms with E-state index in [1.807, 2.05) is 18.3 Å². The van der Waals surface area contributed by atoms with Crippen LogP contribution in [0.3, 0.4) is 0 Å². The van der Waals surface area contributed by atoms with Crippen LogP contribution >= 0.6 is 0 Å². The number of aromatic nitrogens is 2. The SMILES string of the molecule is Cc1[nH]ncc1CCCNCc1ccc2c(c1)OCO2. The maximum Gasteiger partial charge on any atom is 0.231 e. The molecule has 0 unspecified atom stereocenters. The summed E-state index contributed by atoms with van der Waals surface area (Å²) in [6, 6.07) is 6.07. The third-order valence-corrected chi connectivity index (χ3v) is 3.50. The molecule has 1 aliphatic rings. The molecular weight excluding hydrogens is 254 g/mol. The van der Waals surface area contributed by atoms with Crippen LogP contribution in [0.5, 0.6) is 11.5 Å². The summed E-state index contributed by atoms with van der Waals surface area (Å²) in [7, 11) is 0. The van der Waals surface area contributed by atoms with E-state index in [9.17, 15) is 0 Å². The molecule has 0 aliphatic carbocycles. The van der Waals surface area contributed by atoms with Gasteiger partial charge in [0.25, 0.3) is 0 Å². The smallest absolute Gasteiger partial charge is 0.231 e. The fourth-order valence-electron chi connectivity index (χ4n) is 2.32. The minimum Gasteiger partial charge on any atom is -0.454 e. The Labute approximate surface area is 118 Å². The van der Waals surface area contributed by atoms with Crippen molar-refractivity contribution in [1.82, 2.24) is 15.5 Å². The lowest BCUT2D eigenvalue weighted by Gasteiger charge is -2.06. The van der Waals surface area contributed by atoms with Crippen LogP contribution in [-0.4, -0.2) is 23.5 Å². The second-order valence-electron chi connectivity index (χ2n) is 4.99. The number of aromatic amines is 1. The van der Waals surface area contributed by atoms with E-state index in [1.165, 1.54) is 16.8 Å². The third-order valence-electron chi connectivity index (χ3n) is 3.50. The number of hydrogen-bond donors (Lipinski definition) is 2. The molecule has 1 aromatic heterocycles. The maximum atomic E-state index is 5.37. The number of nitrogens with one attached hydrogen (secondary N) is 2. The lowest BCUT2D eigenvalue weighted by molar-refractivity contribution is 0.174. The predicted molar refractivity (Wildman–Crippen MR) is 75.9 cm³/mol. The van der Waals surface area contributed by atoms with Crippen LogP contribution in [0.2, 0.25) is 0 Å². The van der Waals surface area contributed by atoms with E-state index in [1.54, 1.807) is 0 Å². The molecule has 2 heterocycles. The standard InChI is InChI=1S/C15H19N3O2/c1-11-13(9-17-18-11)3-2-6-16-8-12-4-5-14-15(7-12)20-10-19-14/h4-5,7,9,16H,2-3,6,8,10H2,1H3,(H,17,18). The molecule has 0 amide bonds. The van der Waals surface area contributed by atoms with Gasteiger partial charge in [-0.05, 0) is 49.6 Å². The zero-order valence-electron chi connectivity index (χ0n) is 11.6. The fraction of sp³-hybridized carbons (Fsp3) is 0.400. The Hall–Kier alpha value is -2.01. The molecule has 0 spiro atoms. The first-order chi connectivity index (χ1) is 9.83. The number of hydrogen-bond acceptors (Lipinski definition) is 4. The number of nitrogens with zero attached hydrogens (tertiary/aromatic N) is 1. The molecule has 0 fully saturated rings. The number of benzene rings is 1. The van der Waals surface area contributed by atoms with Gasteiger partial charge in [-0.1, -0.05) is 6.07 Å². The van der Waals surface area contributed by atoms with Crippen LogP contribution in [0.1, 0.15) is 23.2 Å². The molecular formula is C15H19N3O2. The Morgan fingerprint density at radius 2 is 2.20 bits per heavy atom. The zero-order valence-corrected chi connectivity index (χ0v) is 11.6. The molecule has 3 rings (SSSR count). The normalized spacial score (nSPS) is 12.8. The Morgan fingerprint density at radius 3 is 3.05 bits per heavy atom. The van der Waals surface area contributed by atoms with Crippen molar-refractivity contribution in [1.29, 1.82) is 0 Å². The number of aryl methyl sites for hydroxylation is 2. The van der Waals surface area contributed by atoms with E-state index in [2.05, 4.69) is 28.5 Å². The van der Waals surface area contributed by atoms with Gasteiger partial charge in [0.2, 0.25) is 6.79 Å². The first kappa shape index (κ1) is 13.0. The first-order valence-electron chi connectivity index (χ1n) is 6.91. The van der Waals surface area contributed by atoms with Crippen molar-refractivity contribution in [3.63, 3.8) is 0 Å². The molecule has 0 atom stereocenters. The number of rotatable bonds is 6. The Morgan fingerprint density at radius 1 is 1.30 bits per heavy atom. The molecule has 0 bridgehead atoms. The van der Waals surface area contributed by atoms with Gasteiger partial charge in [-0.15, -0.1) is 0 Å². The average Bonchev–Trinajstić information content (AvgIpc) is 3.07. The molecule has 2 N–H and O–H groups in total. The quantitative estimate of drug-likeness (QED) is 0.792. The molecule has 0 saturated carbocycles. The fourth-order valence-corrected chi connectivity index (χ4v) is 2.32. The second-order valence-corrected chi connectivity index (χ2v) is 4.99. The molecule has 106 valence electrons. The van der Waals surface area contributed by atoms with Crippen molar-refractivity contribution in [2.75, 3.05) is 13.3 Å². The maximum absolute atomic E-state index is 5.37. The van der Waals surface area contributed by atoms with Gasteiger partial charge in [0.15, 0.2) is 11.5 Å². The molecule has 5 heteroatoms. The van der Waals surface area contributed by atoms with Crippen LogP contribution in [0.4, 0.5) is 0 Å². The van der Waals surface area contributed by atoms with Crippen LogP contribution in [-0.2, 0) is 13.0 Å². The molecule has 1 aromatic carbocycles. The van der Waals surface area contributed by atoms with Crippen LogP contribution in [0.25, 0.3) is 0 Å². The van der Waals surface area contributed by atoms with Crippen LogP contribution < -0.4 is 14.8 Å². The summed E-state index contributed by atoms with van der Waals surface area (Å²) >= 11 is 0. The Kier molecular flexibility index (Phi) is 3.87.